The van der Waals surface area contributed by atoms with Crippen molar-refractivity contribution < 1.29 is 23.9 Å². The molecule has 6 nitrogen and oxygen atoms in total. The van der Waals surface area contributed by atoms with Crippen molar-refractivity contribution in [3.8, 4) is 0 Å². The number of allylic oxidation sites excluding steroid dienone is 1. The number of carbonyl (C=O) groups excluding carboxylic acids is 3. The maximum Gasteiger partial charge on any atom is 0.340 e. The number of rotatable bonds is 4. The van der Waals surface area contributed by atoms with Gasteiger partial charge in [0.25, 0.3) is 5.91 Å². The third kappa shape index (κ3) is 3.93. The van der Waals surface area contributed by atoms with Crippen LogP contribution in [-0.2, 0) is 19.1 Å². The molecule has 0 N–H and O–H groups in total. The van der Waals surface area contributed by atoms with Gasteiger partial charge in [-0.1, -0.05) is 23.7 Å². The number of esters is 2. The van der Waals surface area contributed by atoms with Crippen LogP contribution in [0, 0.1) is 0 Å². The molecule has 0 bridgehead atoms. The van der Waals surface area contributed by atoms with Crippen LogP contribution in [0.2, 0.25) is 5.02 Å². The van der Waals surface area contributed by atoms with E-state index in [1.807, 2.05) is 0 Å². The standard InChI is InChI=1S/C22H18ClNO5/c1-13-19(22(27)29-3)18(12-14-5-4-6-16(23)11-14)20(25)24(13)17-9-7-15(8-10-17)21(26)28-2/h4-12H,1-3H3/b18-12-. The molecular weight excluding hydrogens is 394 g/mol. The average molecular weight is 412 g/mol. The van der Waals surface area contributed by atoms with Gasteiger partial charge in [-0.15, -0.1) is 0 Å². The third-order valence-electron chi connectivity index (χ3n) is 4.50. The van der Waals surface area contributed by atoms with E-state index in [0.717, 1.165) is 0 Å². The van der Waals surface area contributed by atoms with Crippen molar-refractivity contribution in [3.63, 3.8) is 0 Å². The zero-order valence-corrected chi connectivity index (χ0v) is 16.8. The van der Waals surface area contributed by atoms with E-state index in [2.05, 4.69) is 0 Å². The predicted molar refractivity (Wildman–Crippen MR) is 109 cm³/mol. The third-order valence-corrected chi connectivity index (χ3v) is 4.73. The summed E-state index contributed by atoms with van der Waals surface area (Å²) in [6.07, 6.45) is 1.60. The van der Waals surface area contributed by atoms with E-state index < -0.39 is 11.9 Å². The fraction of sp³-hybridized carbons (Fsp3) is 0.136. The van der Waals surface area contributed by atoms with Gasteiger partial charge in [-0.2, -0.15) is 0 Å². The van der Waals surface area contributed by atoms with Gasteiger partial charge in [-0.3, -0.25) is 9.69 Å². The molecule has 0 atom stereocenters. The minimum atomic E-state index is -0.613. The molecule has 1 aliphatic rings. The number of carbonyl (C=O) groups is 3. The van der Waals surface area contributed by atoms with E-state index in [9.17, 15) is 14.4 Å². The Morgan fingerprint density at radius 1 is 1.00 bits per heavy atom. The summed E-state index contributed by atoms with van der Waals surface area (Å²) in [5.74, 6) is -1.47. The molecule has 0 saturated heterocycles. The molecule has 7 heteroatoms. The van der Waals surface area contributed by atoms with E-state index in [0.29, 0.717) is 27.5 Å². The Morgan fingerprint density at radius 3 is 2.24 bits per heavy atom. The van der Waals surface area contributed by atoms with Crippen molar-refractivity contribution in [1.29, 1.82) is 0 Å². The fourth-order valence-corrected chi connectivity index (χ4v) is 3.32. The largest absolute Gasteiger partial charge is 0.465 e. The second-order valence-corrected chi connectivity index (χ2v) is 6.68. The van der Waals surface area contributed by atoms with Crippen LogP contribution in [0.15, 0.2) is 65.4 Å². The zero-order valence-electron chi connectivity index (χ0n) is 16.1. The summed E-state index contributed by atoms with van der Waals surface area (Å²) < 4.78 is 9.58. The van der Waals surface area contributed by atoms with Crippen LogP contribution in [0.25, 0.3) is 6.08 Å². The minimum Gasteiger partial charge on any atom is -0.465 e. The highest BCUT2D eigenvalue weighted by molar-refractivity contribution is 6.30. The fourth-order valence-electron chi connectivity index (χ4n) is 3.12. The van der Waals surface area contributed by atoms with Crippen LogP contribution < -0.4 is 4.90 Å². The number of hydrogen-bond acceptors (Lipinski definition) is 5. The molecule has 0 fully saturated rings. The van der Waals surface area contributed by atoms with Crippen LogP contribution in [-0.4, -0.2) is 32.1 Å². The summed E-state index contributed by atoms with van der Waals surface area (Å²) >= 11 is 6.03. The summed E-state index contributed by atoms with van der Waals surface area (Å²) in [5.41, 5.74) is 2.35. The molecule has 29 heavy (non-hydrogen) atoms. The highest BCUT2D eigenvalue weighted by Gasteiger charge is 2.37. The second-order valence-electron chi connectivity index (χ2n) is 6.24. The smallest absolute Gasteiger partial charge is 0.340 e. The monoisotopic (exact) mass is 411 g/mol. The Balaban J connectivity index is 2.08. The van der Waals surface area contributed by atoms with E-state index in [1.165, 1.54) is 19.1 Å². The van der Waals surface area contributed by atoms with E-state index >= 15 is 0 Å². The number of benzene rings is 2. The number of anilines is 1. The second kappa shape index (κ2) is 8.32. The first-order valence-electron chi connectivity index (χ1n) is 8.67. The van der Waals surface area contributed by atoms with Crippen molar-refractivity contribution in [2.45, 2.75) is 6.92 Å². The quantitative estimate of drug-likeness (QED) is 0.561. The topological polar surface area (TPSA) is 72.9 Å². The van der Waals surface area contributed by atoms with E-state index in [4.69, 9.17) is 21.1 Å². The molecule has 3 rings (SSSR count). The number of nitrogens with zero attached hydrogens (tertiary/aromatic N) is 1. The summed E-state index contributed by atoms with van der Waals surface area (Å²) in [6.45, 7) is 1.66. The van der Waals surface area contributed by atoms with Gasteiger partial charge in [0, 0.05) is 16.4 Å². The first-order chi connectivity index (χ1) is 13.9. The molecule has 0 radical (unpaired) electrons. The Kier molecular flexibility index (Phi) is 5.84. The van der Waals surface area contributed by atoms with Gasteiger partial charge in [0.1, 0.15) is 0 Å². The van der Waals surface area contributed by atoms with Gasteiger partial charge in [0.2, 0.25) is 0 Å². The average Bonchev–Trinajstić information content (AvgIpc) is 2.96. The molecule has 0 aliphatic carbocycles. The van der Waals surface area contributed by atoms with Crippen LogP contribution >= 0.6 is 11.6 Å². The van der Waals surface area contributed by atoms with Crippen molar-refractivity contribution in [2.75, 3.05) is 19.1 Å². The molecule has 1 aliphatic heterocycles. The number of amides is 1. The molecule has 1 heterocycles. The van der Waals surface area contributed by atoms with Gasteiger partial charge in [0.05, 0.1) is 30.9 Å². The molecule has 0 aromatic heterocycles. The molecule has 148 valence electrons. The highest BCUT2D eigenvalue weighted by Crippen LogP contribution is 2.35. The first-order valence-corrected chi connectivity index (χ1v) is 9.04. The van der Waals surface area contributed by atoms with Gasteiger partial charge in [-0.05, 0) is 55.0 Å². The Hall–Kier alpha value is -3.38. The lowest BCUT2D eigenvalue weighted by atomic mass is 10.0. The highest BCUT2D eigenvalue weighted by atomic mass is 35.5. The summed E-state index contributed by atoms with van der Waals surface area (Å²) in [6, 6.07) is 13.3. The lowest BCUT2D eigenvalue weighted by molar-refractivity contribution is -0.136. The van der Waals surface area contributed by atoms with Crippen LogP contribution in [0.3, 0.4) is 0 Å². The predicted octanol–water partition coefficient (Wildman–Crippen LogP) is 4.00. The molecule has 0 unspecified atom stereocenters. The van der Waals surface area contributed by atoms with Crippen LogP contribution in [0.1, 0.15) is 22.8 Å². The molecule has 1 amide bonds. The zero-order chi connectivity index (χ0) is 21.1. The number of halogens is 1. The first kappa shape index (κ1) is 20.4. The molecule has 0 saturated carbocycles. The van der Waals surface area contributed by atoms with Gasteiger partial charge >= 0.3 is 11.9 Å². The number of ether oxygens (including phenoxy) is 2. The van der Waals surface area contributed by atoms with Crippen LogP contribution in [0.5, 0.6) is 0 Å². The number of methoxy groups -OCH3 is 2. The lowest BCUT2D eigenvalue weighted by Gasteiger charge is -2.18. The molecular formula is C22H18ClNO5. The van der Waals surface area contributed by atoms with Crippen molar-refractivity contribution >= 4 is 41.2 Å². The normalized spacial score (nSPS) is 15.1. The maximum absolute atomic E-state index is 13.2. The SMILES string of the molecule is COC(=O)C1=C(C)N(c2ccc(C(=O)OC)cc2)C(=O)/C1=C\c1cccc(Cl)c1. The Bertz CT molecular complexity index is 1050. The van der Waals surface area contributed by atoms with E-state index in [-0.39, 0.29) is 17.1 Å². The van der Waals surface area contributed by atoms with Crippen LogP contribution in [0.4, 0.5) is 5.69 Å². The van der Waals surface area contributed by atoms with Crippen molar-refractivity contribution in [1.82, 2.24) is 0 Å². The molecule has 2 aromatic carbocycles. The van der Waals surface area contributed by atoms with Crippen molar-refractivity contribution in [3.05, 3.63) is 81.5 Å². The molecule has 2 aromatic rings. The maximum atomic E-state index is 13.2. The van der Waals surface area contributed by atoms with Gasteiger partial charge in [0.15, 0.2) is 0 Å². The van der Waals surface area contributed by atoms with Gasteiger partial charge < -0.3 is 9.47 Å². The summed E-state index contributed by atoms with van der Waals surface area (Å²) in [4.78, 5) is 38.7. The minimum absolute atomic E-state index is 0.175. The Labute approximate surface area is 173 Å². The van der Waals surface area contributed by atoms with Crippen molar-refractivity contribution in [2.24, 2.45) is 0 Å². The summed E-state index contributed by atoms with van der Waals surface area (Å²) in [5, 5.41) is 0.514. The van der Waals surface area contributed by atoms with E-state index in [1.54, 1.807) is 61.5 Å². The summed E-state index contributed by atoms with van der Waals surface area (Å²) in [7, 11) is 2.56. The Morgan fingerprint density at radius 2 is 1.66 bits per heavy atom. The lowest BCUT2D eigenvalue weighted by Crippen LogP contribution is -2.24. The molecule has 0 spiro atoms. The van der Waals surface area contributed by atoms with Gasteiger partial charge in [-0.25, -0.2) is 9.59 Å². The number of hydrogen-bond donors (Lipinski definition) is 0.